The molecule has 128 valence electrons. The number of sulfone groups is 1. The van der Waals surface area contributed by atoms with E-state index in [4.69, 9.17) is 4.74 Å². The maximum Gasteiger partial charge on any atom is 0.407 e. The van der Waals surface area contributed by atoms with Crippen LogP contribution in [0.15, 0.2) is 65.6 Å². The monoisotopic (exact) mass is 349 g/mol. The van der Waals surface area contributed by atoms with Gasteiger partial charge in [-0.15, -0.1) is 0 Å². The summed E-state index contributed by atoms with van der Waals surface area (Å²) in [7, 11) is -3.60. The Hall–Kier alpha value is -2.38. The molecule has 0 spiro atoms. The fourth-order valence-corrected chi connectivity index (χ4v) is 3.40. The Balaban J connectivity index is 1.76. The molecule has 0 radical (unpaired) electrons. The highest BCUT2D eigenvalue weighted by molar-refractivity contribution is 7.91. The predicted octanol–water partition coefficient (Wildman–Crippen LogP) is 1.75. The Labute approximate surface area is 141 Å². The van der Waals surface area contributed by atoms with Crippen molar-refractivity contribution in [1.82, 2.24) is 5.32 Å². The van der Waals surface area contributed by atoms with Crippen molar-refractivity contribution in [3.8, 4) is 0 Å². The van der Waals surface area contributed by atoms with Gasteiger partial charge in [0.2, 0.25) is 0 Å². The molecule has 0 aliphatic heterocycles. The summed E-state index contributed by atoms with van der Waals surface area (Å²) in [6, 6.07) is 17.0. The first-order chi connectivity index (χ1) is 11.5. The van der Waals surface area contributed by atoms with Crippen LogP contribution in [0.2, 0.25) is 0 Å². The highest BCUT2D eigenvalue weighted by Gasteiger charge is 2.20. The molecule has 0 aliphatic carbocycles. The van der Waals surface area contributed by atoms with Gasteiger partial charge in [-0.25, -0.2) is 13.2 Å². The summed E-state index contributed by atoms with van der Waals surface area (Å²) >= 11 is 0. The number of nitrogens with one attached hydrogen (secondary N) is 1. The summed E-state index contributed by atoms with van der Waals surface area (Å²) in [4.78, 5) is 11.7. The van der Waals surface area contributed by atoms with Gasteiger partial charge in [0.1, 0.15) is 6.61 Å². The standard InChI is InChI=1S/C17H19NO5S/c19-15(13-24(21,22)16-9-5-2-6-10-16)11-18-17(20)23-12-14-7-3-1-4-8-14/h1-10,15,19H,11-13H2,(H,18,20). The Morgan fingerprint density at radius 1 is 1.04 bits per heavy atom. The van der Waals surface area contributed by atoms with Gasteiger partial charge in [-0.1, -0.05) is 48.5 Å². The van der Waals surface area contributed by atoms with Crippen molar-refractivity contribution in [2.45, 2.75) is 17.6 Å². The average Bonchev–Trinajstić information content (AvgIpc) is 2.59. The van der Waals surface area contributed by atoms with Crippen LogP contribution in [0.3, 0.4) is 0 Å². The van der Waals surface area contributed by atoms with Crippen LogP contribution < -0.4 is 5.32 Å². The molecule has 2 N–H and O–H groups in total. The molecule has 1 atom stereocenters. The van der Waals surface area contributed by atoms with Crippen molar-refractivity contribution in [3.05, 3.63) is 66.2 Å². The maximum atomic E-state index is 12.1. The number of aliphatic hydroxyl groups is 1. The third kappa shape index (κ3) is 5.68. The molecule has 0 heterocycles. The van der Waals surface area contributed by atoms with E-state index in [1.807, 2.05) is 30.3 Å². The van der Waals surface area contributed by atoms with Gasteiger partial charge < -0.3 is 15.2 Å². The van der Waals surface area contributed by atoms with Gasteiger partial charge in [-0.3, -0.25) is 0 Å². The summed E-state index contributed by atoms with van der Waals surface area (Å²) in [6.07, 6.45) is -1.94. The number of carbonyl (C=O) groups is 1. The van der Waals surface area contributed by atoms with Crippen LogP contribution in [0.5, 0.6) is 0 Å². The second kappa shape index (κ2) is 8.47. The fourth-order valence-electron chi connectivity index (χ4n) is 2.01. The Kier molecular flexibility index (Phi) is 6.34. The lowest BCUT2D eigenvalue weighted by Crippen LogP contribution is -2.36. The summed E-state index contributed by atoms with van der Waals surface area (Å²) < 4.78 is 29.2. The average molecular weight is 349 g/mol. The van der Waals surface area contributed by atoms with E-state index in [1.54, 1.807) is 18.2 Å². The lowest BCUT2D eigenvalue weighted by Gasteiger charge is -2.12. The molecule has 6 nitrogen and oxygen atoms in total. The molecule has 0 aromatic heterocycles. The van der Waals surface area contributed by atoms with Crippen LogP contribution in [-0.4, -0.2) is 38.0 Å². The first kappa shape index (κ1) is 18.0. The first-order valence-corrected chi connectivity index (χ1v) is 9.03. The van der Waals surface area contributed by atoms with E-state index in [0.29, 0.717) is 0 Å². The Morgan fingerprint density at radius 2 is 1.62 bits per heavy atom. The normalized spacial score (nSPS) is 12.4. The largest absolute Gasteiger partial charge is 0.445 e. The summed E-state index contributed by atoms with van der Waals surface area (Å²) in [6.45, 7) is -0.106. The lowest BCUT2D eigenvalue weighted by atomic mass is 10.2. The van der Waals surface area contributed by atoms with Gasteiger partial charge in [0.15, 0.2) is 9.84 Å². The van der Waals surface area contributed by atoms with Crippen molar-refractivity contribution in [2.24, 2.45) is 0 Å². The number of hydrogen-bond acceptors (Lipinski definition) is 5. The molecule has 2 aromatic carbocycles. The van der Waals surface area contributed by atoms with Gasteiger partial charge in [-0.05, 0) is 17.7 Å². The molecule has 7 heteroatoms. The molecule has 0 saturated carbocycles. The van der Waals surface area contributed by atoms with Gasteiger partial charge in [0.05, 0.1) is 16.8 Å². The summed E-state index contributed by atoms with van der Waals surface area (Å²) in [5, 5.41) is 12.2. The molecule has 24 heavy (non-hydrogen) atoms. The van der Waals surface area contributed by atoms with Gasteiger partial charge >= 0.3 is 6.09 Å². The zero-order valence-electron chi connectivity index (χ0n) is 13.0. The number of amides is 1. The molecule has 1 unspecified atom stereocenters. The van der Waals surface area contributed by atoms with E-state index in [1.165, 1.54) is 12.1 Å². The van der Waals surface area contributed by atoms with Crippen LogP contribution in [0.4, 0.5) is 4.79 Å². The van der Waals surface area contributed by atoms with E-state index in [-0.39, 0.29) is 18.0 Å². The number of aliphatic hydroxyl groups excluding tert-OH is 1. The molecule has 0 saturated heterocycles. The van der Waals surface area contributed by atoms with E-state index in [2.05, 4.69) is 5.32 Å². The summed E-state index contributed by atoms with van der Waals surface area (Å²) in [5.41, 5.74) is 0.833. The number of rotatable bonds is 7. The number of benzene rings is 2. The minimum absolute atomic E-state index is 0.102. The third-order valence-electron chi connectivity index (χ3n) is 3.21. The second-order valence-electron chi connectivity index (χ2n) is 5.19. The highest BCUT2D eigenvalue weighted by atomic mass is 32.2. The van der Waals surface area contributed by atoms with Crippen molar-refractivity contribution in [1.29, 1.82) is 0 Å². The van der Waals surface area contributed by atoms with Gasteiger partial charge in [0.25, 0.3) is 0 Å². The third-order valence-corrected chi connectivity index (χ3v) is 5.02. The van der Waals surface area contributed by atoms with Crippen LogP contribution in [0.25, 0.3) is 0 Å². The molecular formula is C17H19NO5S. The van der Waals surface area contributed by atoms with Crippen molar-refractivity contribution < 1.29 is 23.1 Å². The molecular weight excluding hydrogens is 330 g/mol. The Bertz CT molecular complexity index is 747. The van der Waals surface area contributed by atoms with Crippen LogP contribution >= 0.6 is 0 Å². The number of carbonyl (C=O) groups excluding carboxylic acids is 1. The smallest absolute Gasteiger partial charge is 0.407 e. The number of alkyl carbamates (subject to hydrolysis) is 1. The molecule has 0 bridgehead atoms. The fraction of sp³-hybridized carbons (Fsp3) is 0.235. The summed E-state index contributed by atoms with van der Waals surface area (Å²) in [5.74, 6) is -0.476. The van der Waals surface area contributed by atoms with E-state index in [0.717, 1.165) is 5.56 Å². The predicted molar refractivity (Wildman–Crippen MR) is 89.1 cm³/mol. The molecule has 2 aromatic rings. The van der Waals surface area contributed by atoms with Crippen LogP contribution in [0.1, 0.15) is 5.56 Å². The number of ether oxygens (including phenoxy) is 1. The van der Waals surface area contributed by atoms with Crippen molar-refractivity contribution >= 4 is 15.9 Å². The number of hydrogen-bond donors (Lipinski definition) is 2. The zero-order valence-corrected chi connectivity index (χ0v) is 13.8. The second-order valence-corrected chi connectivity index (χ2v) is 7.23. The highest BCUT2D eigenvalue weighted by Crippen LogP contribution is 2.11. The van der Waals surface area contributed by atoms with Crippen LogP contribution in [0, 0.1) is 0 Å². The first-order valence-electron chi connectivity index (χ1n) is 7.38. The van der Waals surface area contributed by atoms with E-state index in [9.17, 15) is 18.3 Å². The molecule has 2 rings (SSSR count). The van der Waals surface area contributed by atoms with Crippen molar-refractivity contribution in [3.63, 3.8) is 0 Å². The molecule has 1 amide bonds. The van der Waals surface area contributed by atoms with Crippen LogP contribution in [-0.2, 0) is 21.2 Å². The lowest BCUT2D eigenvalue weighted by molar-refractivity contribution is 0.129. The zero-order chi connectivity index (χ0) is 17.4. The topological polar surface area (TPSA) is 92.7 Å². The molecule has 0 fully saturated rings. The SMILES string of the molecule is O=C(NCC(O)CS(=O)(=O)c1ccccc1)OCc1ccccc1. The quantitative estimate of drug-likeness (QED) is 0.794. The maximum absolute atomic E-state index is 12.1. The van der Waals surface area contributed by atoms with Crippen molar-refractivity contribution in [2.75, 3.05) is 12.3 Å². The van der Waals surface area contributed by atoms with E-state index < -0.39 is 27.8 Å². The van der Waals surface area contributed by atoms with E-state index >= 15 is 0 Å². The minimum Gasteiger partial charge on any atom is -0.445 e. The minimum atomic E-state index is -3.60. The Morgan fingerprint density at radius 3 is 2.25 bits per heavy atom. The molecule has 0 aliphatic rings. The van der Waals surface area contributed by atoms with Gasteiger partial charge in [0, 0.05) is 6.54 Å². The van der Waals surface area contributed by atoms with Gasteiger partial charge in [-0.2, -0.15) is 0 Å².